The summed E-state index contributed by atoms with van der Waals surface area (Å²) in [6.07, 6.45) is 0. The predicted molar refractivity (Wildman–Crippen MR) is 104 cm³/mol. The van der Waals surface area contributed by atoms with E-state index in [1.54, 1.807) is 10.4 Å². The fourth-order valence-electron chi connectivity index (χ4n) is 3.15. The molecule has 0 aliphatic carbocycles. The zero-order chi connectivity index (χ0) is 18.0. The summed E-state index contributed by atoms with van der Waals surface area (Å²) in [7, 11) is -3.45. The van der Waals surface area contributed by atoms with Crippen LogP contribution < -0.4 is 0 Å². The Morgan fingerprint density at radius 3 is 2.28 bits per heavy atom. The Morgan fingerprint density at radius 1 is 0.960 bits per heavy atom. The molecule has 0 spiro atoms. The number of aryl methyl sites for hydroxylation is 2. The summed E-state index contributed by atoms with van der Waals surface area (Å²) >= 11 is 3.40. The van der Waals surface area contributed by atoms with Crippen LogP contribution in [0.5, 0.6) is 0 Å². The van der Waals surface area contributed by atoms with Gasteiger partial charge in [-0.2, -0.15) is 4.31 Å². The van der Waals surface area contributed by atoms with E-state index in [4.69, 9.17) is 0 Å². The van der Waals surface area contributed by atoms with Gasteiger partial charge in [-0.1, -0.05) is 35.9 Å². The van der Waals surface area contributed by atoms with Crippen LogP contribution in [0.25, 0.3) is 0 Å². The first-order valence-corrected chi connectivity index (χ1v) is 10.6. The second-order valence-electron chi connectivity index (χ2n) is 6.60. The monoisotopic (exact) mass is 422 g/mol. The highest BCUT2D eigenvalue weighted by Gasteiger charge is 2.29. The van der Waals surface area contributed by atoms with Crippen molar-refractivity contribution in [3.63, 3.8) is 0 Å². The fraction of sp³-hybridized carbons (Fsp3) is 0.368. The van der Waals surface area contributed by atoms with Crippen LogP contribution in [0, 0.1) is 13.8 Å². The Hall–Kier alpha value is -1.21. The molecule has 0 atom stereocenters. The molecule has 2 aromatic rings. The lowest BCUT2D eigenvalue weighted by Crippen LogP contribution is -2.48. The van der Waals surface area contributed by atoms with Crippen LogP contribution >= 0.6 is 15.9 Å². The van der Waals surface area contributed by atoms with Gasteiger partial charge >= 0.3 is 0 Å². The van der Waals surface area contributed by atoms with Crippen molar-refractivity contribution >= 4 is 26.0 Å². The first-order chi connectivity index (χ1) is 11.9. The summed E-state index contributed by atoms with van der Waals surface area (Å²) in [6.45, 7) is 7.44. The number of sulfonamides is 1. The maximum Gasteiger partial charge on any atom is 0.244 e. The number of hydrogen-bond donors (Lipinski definition) is 0. The van der Waals surface area contributed by atoms with Crippen LogP contribution in [0.4, 0.5) is 0 Å². The molecular weight excluding hydrogens is 400 g/mol. The highest BCUT2D eigenvalue weighted by molar-refractivity contribution is 9.10. The minimum absolute atomic E-state index is 0.352. The second kappa shape index (κ2) is 7.58. The van der Waals surface area contributed by atoms with E-state index in [1.165, 1.54) is 11.1 Å². The molecule has 1 fully saturated rings. The third-order valence-electron chi connectivity index (χ3n) is 4.53. The number of rotatable bonds is 4. The lowest BCUT2D eigenvalue weighted by Gasteiger charge is -2.34. The van der Waals surface area contributed by atoms with E-state index in [1.807, 2.05) is 19.1 Å². The molecule has 0 bridgehead atoms. The lowest BCUT2D eigenvalue weighted by atomic mass is 10.1. The van der Waals surface area contributed by atoms with Crippen molar-refractivity contribution in [3.8, 4) is 0 Å². The molecule has 0 amide bonds. The Morgan fingerprint density at radius 2 is 1.64 bits per heavy atom. The van der Waals surface area contributed by atoms with Gasteiger partial charge in [0, 0.05) is 37.2 Å². The topological polar surface area (TPSA) is 40.6 Å². The van der Waals surface area contributed by atoms with Crippen LogP contribution in [-0.4, -0.2) is 43.8 Å². The van der Waals surface area contributed by atoms with Crippen molar-refractivity contribution in [2.24, 2.45) is 0 Å². The maximum absolute atomic E-state index is 12.9. The number of benzene rings is 2. The maximum atomic E-state index is 12.9. The zero-order valence-electron chi connectivity index (χ0n) is 14.6. The minimum atomic E-state index is -3.45. The standard InChI is InChI=1S/C19H23BrN2O2S/c1-15-4-3-5-17(12-15)14-21-8-10-22(11-9-21)25(23,24)19-7-6-16(2)13-18(19)20/h3-7,12-13H,8-11,14H2,1-2H3. The van der Waals surface area contributed by atoms with Crippen LogP contribution in [0.1, 0.15) is 16.7 Å². The van der Waals surface area contributed by atoms with E-state index in [0.717, 1.165) is 25.2 Å². The molecule has 0 aromatic heterocycles. The molecule has 1 aliphatic heterocycles. The molecule has 1 saturated heterocycles. The van der Waals surface area contributed by atoms with E-state index < -0.39 is 10.0 Å². The van der Waals surface area contributed by atoms with Crippen LogP contribution in [0.3, 0.4) is 0 Å². The average Bonchev–Trinajstić information content (AvgIpc) is 2.55. The first-order valence-electron chi connectivity index (χ1n) is 8.40. The number of nitrogens with zero attached hydrogens (tertiary/aromatic N) is 2. The summed E-state index contributed by atoms with van der Waals surface area (Å²) in [5, 5.41) is 0. The van der Waals surface area contributed by atoms with Crippen molar-refractivity contribution in [3.05, 3.63) is 63.6 Å². The molecule has 2 aromatic carbocycles. The molecule has 0 N–H and O–H groups in total. The SMILES string of the molecule is Cc1cccc(CN2CCN(S(=O)(=O)c3ccc(C)cc3Br)CC2)c1. The third-order valence-corrected chi connectivity index (χ3v) is 7.40. The Bertz CT molecular complexity index is 859. The number of hydrogen-bond acceptors (Lipinski definition) is 3. The van der Waals surface area contributed by atoms with Gasteiger partial charge in [0.25, 0.3) is 0 Å². The van der Waals surface area contributed by atoms with Gasteiger partial charge in [-0.25, -0.2) is 8.42 Å². The summed E-state index contributed by atoms with van der Waals surface area (Å²) in [5.74, 6) is 0. The van der Waals surface area contributed by atoms with Crippen LogP contribution in [0.15, 0.2) is 51.8 Å². The van der Waals surface area contributed by atoms with Gasteiger partial charge in [-0.15, -0.1) is 0 Å². The van der Waals surface area contributed by atoms with Crippen molar-refractivity contribution in [1.29, 1.82) is 0 Å². The summed E-state index contributed by atoms with van der Waals surface area (Å²) in [5.41, 5.74) is 3.56. The molecule has 134 valence electrons. The molecule has 0 radical (unpaired) electrons. The van der Waals surface area contributed by atoms with Crippen molar-refractivity contribution in [2.45, 2.75) is 25.3 Å². The number of piperazine rings is 1. The fourth-order valence-corrected chi connectivity index (χ4v) is 5.73. The minimum Gasteiger partial charge on any atom is -0.296 e. The van der Waals surface area contributed by atoms with Crippen LogP contribution in [-0.2, 0) is 16.6 Å². The van der Waals surface area contributed by atoms with Gasteiger partial charge in [0.05, 0.1) is 4.90 Å². The summed E-state index contributed by atoms with van der Waals surface area (Å²) in [4.78, 5) is 2.66. The van der Waals surface area contributed by atoms with Gasteiger partial charge in [0.15, 0.2) is 0 Å². The van der Waals surface area contributed by atoms with E-state index in [9.17, 15) is 8.42 Å². The van der Waals surface area contributed by atoms with E-state index in [-0.39, 0.29) is 0 Å². The van der Waals surface area contributed by atoms with E-state index >= 15 is 0 Å². The van der Waals surface area contributed by atoms with E-state index in [0.29, 0.717) is 22.5 Å². The Balaban J connectivity index is 1.67. The van der Waals surface area contributed by atoms with Gasteiger partial charge < -0.3 is 0 Å². The molecule has 6 heteroatoms. The third kappa shape index (κ3) is 4.31. The van der Waals surface area contributed by atoms with Gasteiger partial charge in [0.1, 0.15) is 0 Å². The highest BCUT2D eigenvalue weighted by Crippen LogP contribution is 2.27. The molecule has 0 unspecified atom stereocenters. The molecule has 1 aliphatic rings. The van der Waals surface area contributed by atoms with Gasteiger partial charge in [-0.05, 0) is 53.0 Å². The predicted octanol–water partition coefficient (Wildman–Crippen LogP) is 3.57. The molecule has 25 heavy (non-hydrogen) atoms. The van der Waals surface area contributed by atoms with Crippen molar-refractivity contribution in [1.82, 2.24) is 9.21 Å². The smallest absolute Gasteiger partial charge is 0.244 e. The second-order valence-corrected chi connectivity index (χ2v) is 9.36. The summed E-state index contributed by atoms with van der Waals surface area (Å²) < 4.78 is 28.0. The molecule has 4 nitrogen and oxygen atoms in total. The van der Waals surface area contributed by atoms with Gasteiger partial charge in [0.2, 0.25) is 10.0 Å². The van der Waals surface area contributed by atoms with E-state index in [2.05, 4.69) is 52.0 Å². The molecular formula is C19H23BrN2O2S. The molecule has 3 rings (SSSR count). The molecule has 0 saturated carbocycles. The summed E-state index contributed by atoms with van der Waals surface area (Å²) in [6, 6.07) is 13.8. The quantitative estimate of drug-likeness (QED) is 0.755. The first kappa shape index (κ1) is 18.6. The average molecular weight is 423 g/mol. The Labute approximate surface area is 158 Å². The Kier molecular flexibility index (Phi) is 5.63. The molecule has 1 heterocycles. The largest absolute Gasteiger partial charge is 0.296 e. The highest BCUT2D eigenvalue weighted by atomic mass is 79.9. The lowest BCUT2D eigenvalue weighted by molar-refractivity contribution is 0.181. The number of halogens is 1. The van der Waals surface area contributed by atoms with Crippen molar-refractivity contribution in [2.75, 3.05) is 26.2 Å². The normalized spacial score (nSPS) is 16.9. The zero-order valence-corrected chi connectivity index (χ0v) is 17.0. The van der Waals surface area contributed by atoms with Crippen LogP contribution in [0.2, 0.25) is 0 Å². The van der Waals surface area contributed by atoms with Crippen molar-refractivity contribution < 1.29 is 8.42 Å². The van der Waals surface area contributed by atoms with Gasteiger partial charge in [-0.3, -0.25) is 4.90 Å².